The molecule has 0 N–H and O–H groups in total. The lowest BCUT2D eigenvalue weighted by Crippen LogP contribution is -1.77. The quantitative estimate of drug-likeness (QED) is 0.414. The number of ether oxygens (including phenoxy) is 1. The van der Waals surface area contributed by atoms with Gasteiger partial charge in [-0.15, -0.1) is 0 Å². The molecule has 0 aromatic heterocycles. The van der Waals surface area contributed by atoms with E-state index in [0.717, 1.165) is 0 Å². The standard InChI is InChI=1S/C5H9NO.C2H6/c1-4-5(6-2)7-3;1-2/h4H,2H2,1,3H3;1-2H3/b5-4-;. The van der Waals surface area contributed by atoms with Gasteiger partial charge in [0.05, 0.1) is 7.11 Å². The lowest BCUT2D eigenvalue weighted by Gasteiger charge is -1.92. The molecule has 0 aromatic carbocycles. The number of allylic oxidation sites excluding steroid dienone is 1. The van der Waals surface area contributed by atoms with Crippen LogP contribution in [0.2, 0.25) is 0 Å². The summed E-state index contributed by atoms with van der Waals surface area (Å²) in [5.41, 5.74) is 0. The van der Waals surface area contributed by atoms with E-state index in [1.807, 2.05) is 20.8 Å². The Balaban J connectivity index is 0. The van der Waals surface area contributed by atoms with E-state index >= 15 is 0 Å². The summed E-state index contributed by atoms with van der Waals surface area (Å²) in [4.78, 5) is 3.51. The largest absolute Gasteiger partial charge is 0.481 e. The average Bonchev–Trinajstić information content (AvgIpc) is 1.96. The summed E-state index contributed by atoms with van der Waals surface area (Å²) in [5, 5.41) is 0. The van der Waals surface area contributed by atoms with Gasteiger partial charge >= 0.3 is 0 Å². The average molecular weight is 129 g/mol. The highest BCUT2D eigenvalue weighted by Gasteiger charge is 1.78. The molecule has 0 aliphatic heterocycles. The smallest absolute Gasteiger partial charge is 0.207 e. The first-order chi connectivity index (χ1) is 4.35. The summed E-state index contributed by atoms with van der Waals surface area (Å²) in [6.45, 7) is 9.10. The van der Waals surface area contributed by atoms with Crippen molar-refractivity contribution in [1.82, 2.24) is 0 Å². The number of nitrogens with zero attached hydrogens (tertiary/aromatic N) is 1. The predicted octanol–water partition coefficient (Wildman–Crippen LogP) is 2.22. The molecule has 0 atom stereocenters. The lowest BCUT2D eigenvalue weighted by atomic mass is 10.7. The molecule has 0 heterocycles. The Bertz CT molecular complexity index is 86.9. The van der Waals surface area contributed by atoms with Gasteiger partial charge in [0, 0.05) is 0 Å². The van der Waals surface area contributed by atoms with Crippen LogP contribution in [-0.4, -0.2) is 13.8 Å². The van der Waals surface area contributed by atoms with Crippen molar-refractivity contribution in [1.29, 1.82) is 0 Å². The molecule has 54 valence electrons. The van der Waals surface area contributed by atoms with Crippen LogP contribution in [0.5, 0.6) is 0 Å². The van der Waals surface area contributed by atoms with Crippen LogP contribution in [0, 0.1) is 0 Å². The number of hydrogen-bond donors (Lipinski definition) is 0. The van der Waals surface area contributed by atoms with Gasteiger partial charge in [0.15, 0.2) is 0 Å². The Hall–Kier alpha value is -0.790. The zero-order chi connectivity index (χ0) is 7.70. The number of aliphatic imine (C=N–C) groups is 1. The second-order valence-electron chi connectivity index (χ2n) is 0.989. The molecule has 0 spiro atoms. The number of methoxy groups -OCH3 is 1. The predicted molar refractivity (Wildman–Crippen MR) is 41.7 cm³/mol. The third-order valence-electron chi connectivity index (χ3n) is 0.612. The van der Waals surface area contributed by atoms with E-state index in [2.05, 4.69) is 16.4 Å². The third-order valence-corrected chi connectivity index (χ3v) is 0.612. The number of rotatable bonds is 2. The molecule has 0 bridgehead atoms. The van der Waals surface area contributed by atoms with E-state index in [9.17, 15) is 0 Å². The van der Waals surface area contributed by atoms with Crippen LogP contribution in [0.4, 0.5) is 0 Å². The molecule has 0 saturated carbocycles. The van der Waals surface area contributed by atoms with Crippen LogP contribution in [0.3, 0.4) is 0 Å². The van der Waals surface area contributed by atoms with Crippen LogP contribution in [0.15, 0.2) is 17.0 Å². The molecule has 0 amide bonds. The summed E-state index contributed by atoms with van der Waals surface area (Å²) in [6.07, 6.45) is 1.74. The van der Waals surface area contributed by atoms with Crippen LogP contribution >= 0.6 is 0 Å². The molecule has 0 radical (unpaired) electrons. The normalized spacial score (nSPS) is 9.11. The molecule has 0 saturated heterocycles. The first kappa shape index (κ1) is 11.1. The van der Waals surface area contributed by atoms with Gasteiger partial charge in [0.2, 0.25) is 5.88 Å². The summed E-state index contributed by atoms with van der Waals surface area (Å²) < 4.78 is 4.68. The summed E-state index contributed by atoms with van der Waals surface area (Å²) in [7, 11) is 1.56. The molecule has 2 heteroatoms. The second kappa shape index (κ2) is 10.2. The van der Waals surface area contributed by atoms with Crippen molar-refractivity contribution in [2.24, 2.45) is 4.99 Å². The number of hydrogen-bond acceptors (Lipinski definition) is 2. The van der Waals surface area contributed by atoms with Gasteiger partial charge in [0.25, 0.3) is 0 Å². The van der Waals surface area contributed by atoms with Crippen LogP contribution < -0.4 is 0 Å². The van der Waals surface area contributed by atoms with Gasteiger partial charge in [-0.1, -0.05) is 13.8 Å². The van der Waals surface area contributed by atoms with Gasteiger partial charge in [-0.2, -0.15) is 0 Å². The van der Waals surface area contributed by atoms with Crippen molar-refractivity contribution < 1.29 is 4.74 Å². The monoisotopic (exact) mass is 129 g/mol. The highest BCUT2D eigenvalue weighted by molar-refractivity contribution is 5.27. The van der Waals surface area contributed by atoms with Crippen LogP contribution in [-0.2, 0) is 4.74 Å². The second-order valence-corrected chi connectivity index (χ2v) is 0.989. The molecule has 2 nitrogen and oxygen atoms in total. The molecule has 0 rings (SSSR count). The fourth-order valence-electron chi connectivity index (χ4n) is 0.274. The van der Waals surface area contributed by atoms with E-state index in [4.69, 9.17) is 0 Å². The van der Waals surface area contributed by atoms with E-state index in [1.165, 1.54) is 0 Å². The van der Waals surface area contributed by atoms with E-state index in [1.54, 1.807) is 13.2 Å². The maximum absolute atomic E-state index is 4.68. The Morgan fingerprint density at radius 2 is 2.00 bits per heavy atom. The van der Waals surface area contributed by atoms with Crippen LogP contribution in [0.25, 0.3) is 0 Å². The van der Waals surface area contributed by atoms with Crippen molar-refractivity contribution in [3.8, 4) is 0 Å². The summed E-state index contributed by atoms with van der Waals surface area (Å²) in [6, 6.07) is 0. The van der Waals surface area contributed by atoms with E-state index < -0.39 is 0 Å². The molecule has 0 aromatic rings. The lowest BCUT2D eigenvalue weighted by molar-refractivity contribution is 0.288. The minimum absolute atomic E-state index is 0.569. The van der Waals surface area contributed by atoms with Gasteiger partial charge in [-0.05, 0) is 19.7 Å². The Kier molecular flexibility index (Phi) is 12.6. The van der Waals surface area contributed by atoms with Gasteiger partial charge in [0.1, 0.15) is 0 Å². The molecule has 9 heavy (non-hydrogen) atoms. The Labute approximate surface area is 57.3 Å². The molecule has 0 aliphatic rings. The first-order valence-electron chi connectivity index (χ1n) is 3.02. The maximum atomic E-state index is 4.68. The summed E-state index contributed by atoms with van der Waals surface area (Å²) in [5.74, 6) is 0.569. The maximum Gasteiger partial charge on any atom is 0.207 e. The zero-order valence-corrected chi connectivity index (χ0v) is 6.64. The van der Waals surface area contributed by atoms with E-state index in [0.29, 0.717) is 5.88 Å². The fourth-order valence-corrected chi connectivity index (χ4v) is 0.274. The topological polar surface area (TPSA) is 21.6 Å². The van der Waals surface area contributed by atoms with Gasteiger partial charge in [-0.25, -0.2) is 4.99 Å². The SMILES string of the molecule is C=N/C(=C/C)OC.CC. The zero-order valence-electron chi connectivity index (χ0n) is 6.64. The minimum atomic E-state index is 0.569. The van der Waals surface area contributed by atoms with Crippen molar-refractivity contribution in [2.75, 3.05) is 7.11 Å². The Morgan fingerprint density at radius 3 is 2.00 bits per heavy atom. The molecular formula is C7H15NO. The third kappa shape index (κ3) is 7.21. The van der Waals surface area contributed by atoms with Gasteiger partial charge < -0.3 is 4.74 Å². The highest BCUT2D eigenvalue weighted by Crippen LogP contribution is 1.91. The Morgan fingerprint density at radius 1 is 1.56 bits per heavy atom. The molecule has 0 aliphatic carbocycles. The highest BCUT2D eigenvalue weighted by atomic mass is 16.5. The van der Waals surface area contributed by atoms with E-state index in [-0.39, 0.29) is 0 Å². The molecule has 0 fully saturated rings. The fraction of sp³-hybridized carbons (Fsp3) is 0.571. The van der Waals surface area contributed by atoms with Crippen molar-refractivity contribution in [2.45, 2.75) is 20.8 Å². The van der Waals surface area contributed by atoms with Crippen molar-refractivity contribution >= 4 is 6.72 Å². The summed E-state index contributed by atoms with van der Waals surface area (Å²) >= 11 is 0. The van der Waals surface area contributed by atoms with Gasteiger partial charge in [-0.3, -0.25) is 0 Å². The van der Waals surface area contributed by atoms with Crippen molar-refractivity contribution in [3.63, 3.8) is 0 Å². The van der Waals surface area contributed by atoms with Crippen LogP contribution in [0.1, 0.15) is 20.8 Å². The molecular weight excluding hydrogens is 114 g/mol. The first-order valence-corrected chi connectivity index (χ1v) is 3.02. The minimum Gasteiger partial charge on any atom is -0.481 e. The molecule has 0 unspecified atom stereocenters. The van der Waals surface area contributed by atoms with Crippen molar-refractivity contribution in [3.05, 3.63) is 12.0 Å².